The van der Waals surface area contributed by atoms with Crippen LogP contribution in [0.3, 0.4) is 0 Å². The molecule has 2 N–H and O–H groups in total. The van der Waals surface area contributed by atoms with E-state index < -0.39 is 0 Å². The van der Waals surface area contributed by atoms with Gasteiger partial charge in [-0.1, -0.05) is 11.6 Å². The Labute approximate surface area is 117 Å². The predicted molar refractivity (Wildman–Crippen MR) is 72.3 cm³/mol. The zero-order chi connectivity index (χ0) is 13.2. The maximum absolute atomic E-state index is 9.89. The number of halogens is 1. The van der Waals surface area contributed by atoms with Gasteiger partial charge >= 0.3 is 0 Å². The van der Waals surface area contributed by atoms with Gasteiger partial charge in [0.05, 0.1) is 5.02 Å². The minimum absolute atomic E-state index is 0.0519. The van der Waals surface area contributed by atoms with Crippen molar-refractivity contribution in [1.29, 1.82) is 0 Å². The smallest absolute Gasteiger partial charge is 0.167 e. The summed E-state index contributed by atoms with van der Waals surface area (Å²) >= 11 is 6.22. The minimum Gasteiger partial charge on any atom is -0.506 e. The third-order valence-electron chi connectivity index (χ3n) is 3.43. The summed E-state index contributed by atoms with van der Waals surface area (Å²) in [5.41, 5.74) is 0.818. The zero-order valence-electron chi connectivity index (χ0n) is 10.6. The van der Waals surface area contributed by atoms with Crippen LogP contribution in [0.1, 0.15) is 5.56 Å². The van der Waals surface area contributed by atoms with Gasteiger partial charge in [-0.25, -0.2) is 0 Å². The number of fused-ring (bicyclic) bond motifs is 1. The number of benzene rings is 1. The molecule has 0 bridgehead atoms. The molecule has 0 aromatic heterocycles. The maximum Gasteiger partial charge on any atom is 0.167 e. The average Bonchev–Trinajstić information content (AvgIpc) is 2.45. The molecule has 6 heteroatoms. The number of hydrogen-bond acceptors (Lipinski definition) is 5. The maximum atomic E-state index is 9.89. The molecule has 5 nitrogen and oxygen atoms in total. The van der Waals surface area contributed by atoms with Crippen LogP contribution in [-0.2, 0) is 6.54 Å². The van der Waals surface area contributed by atoms with E-state index in [4.69, 9.17) is 21.1 Å². The Balaban J connectivity index is 1.91. The first kappa shape index (κ1) is 12.8. The summed E-state index contributed by atoms with van der Waals surface area (Å²) in [4.78, 5) is 2.29. The monoisotopic (exact) mass is 284 g/mol. The van der Waals surface area contributed by atoms with E-state index in [1.165, 1.54) is 6.07 Å². The highest BCUT2D eigenvalue weighted by atomic mass is 35.5. The molecule has 3 rings (SSSR count). The molecule has 2 aliphatic rings. The number of aromatic hydroxyl groups is 1. The summed E-state index contributed by atoms with van der Waals surface area (Å²) in [5, 5.41) is 13.6. The molecule has 19 heavy (non-hydrogen) atoms. The van der Waals surface area contributed by atoms with Crippen LogP contribution < -0.4 is 14.8 Å². The number of nitrogens with one attached hydrogen (secondary N) is 1. The van der Waals surface area contributed by atoms with Gasteiger partial charge in [0.15, 0.2) is 11.5 Å². The van der Waals surface area contributed by atoms with Crippen molar-refractivity contribution in [2.75, 3.05) is 39.4 Å². The van der Waals surface area contributed by atoms with E-state index in [0.717, 1.165) is 31.7 Å². The number of rotatable bonds is 2. The molecule has 104 valence electrons. The lowest BCUT2D eigenvalue weighted by Gasteiger charge is -2.29. The fourth-order valence-corrected chi connectivity index (χ4v) is 2.65. The highest BCUT2D eigenvalue weighted by Crippen LogP contribution is 2.43. The molecule has 1 fully saturated rings. The normalized spacial score (nSPS) is 19.4. The fourth-order valence-electron chi connectivity index (χ4n) is 2.45. The van der Waals surface area contributed by atoms with Crippen molar-refractivity contribution in [3.05, 3.63) is 16.7 Å². The van der Waals surface area contributed by atoms with Gasteiger partial charge in [-0.3, -0.25) is 4.90 Å². The first-order valence-corrected chi connectivity index (χ1v) is 6.86. The van der Waals surface area contributed by atoms with Crippen LogP contribution in [-0.4, -0.2) is 49.4 Å². The molecule has 0 unspecified atom stereocenters. The summed E-state index contributed by atoms with van der Waals surface area (Å²) in [6.45, 7) is 5.54. The first-order valence-electron chi connectivity index (χ1n) is 6.48. The van der Waals surface area contributed by atoms with E-state index in [0.29, 0.717) is 36.3 Å². The largest absolute Gasteiger partial charge is 0.506 e. The number of nitrogens with zero attached hydrogens (tertiary/aromatic N) is 1. The number of hydrogen-bond donors (Lipinski definition) is 2. The first-order chi connectivity index (χ1) is 9.25. The summed E-state index contributed by atoms with van der Waals surface area (Å²) in [5.74, 6) is 1.31. The van der Waals surface area contributed by atoms with Gasteiger partial charge in [-0.2, -0.15) is 0 Å². The second-order valence-electron chi connectivity index (χ2n) is 4.74. The van der Waals surface area contributed by atoms with E-state index in [9.17, 15) is 5.11 Å². The highest BCUT2D eigenvalue weighted by Gasteiger charge is 2.24. The van der Waals surface area contributed by atoms with E-state index in [1.54, 1.807) is 0 Å². The van der Waals surface area contributed by atoms with Crippen LogP contribution in [0.4, 0.5) is 0 Å². The van der Waals surface area contributed by atoms with Crippen molar-refractivity contribution in [1.82, 2.24) is 10.2 Å². The quantitative estimate of drug-likeness (QED) is 0.855. The Kier molecular flexibility index (Phi) is 3.68. The number of piperazine rings is 1. The highest BCUT2D eigenvalue weighted by molar-refractivity contribution is 6.33. The fraction of sp³-hybridized carbons (Fsp3) is 0.538. The molecule has 1 saturated heterocycles. The molecular weight excluding hydrogens is 268 g/mol. The second-order valence-corrected chi connectivity index (χ2v) is 5.12. The van der Waals surface area contributed by atoms with Crippen LogP contribution in [0.15, 0.2) is 6.07 Å². The Hall–Kier alpha value is -1.17. The number of ether oxygens (including phenoxy) is 2. The SMILES string of the molecule is Oc1cc2c(c(CN3CCNCC3)c1Cl)OCCO2. The lowest BCUT2D eigenvalue weighted by atomic mass is 10.1. The van der Waals surface area contributed by atoms with Crippen LogP contribution in [0, 0.1) is 0 Å². The second kappa shape index (κ2) is 5.45. The van der Waals surface area contributed by atoms with Gasteiger partial charge in [0.1, 0.15) is 19.0 Å². The minimum atomic E-state index is 0.0519. The molecule has 0 saturated carbocycles. The molecule has 2 heterocycles. The number of phenols is 1. The molecular formula is C13H17ClN2O3. The summed E-state index contributed by atoms with van der Waals surface area (Å²) in [6, 6.07) is 1.53. The molecule has 2 aliphatic heterocycles. The van der Waals surface area contributed by atoms with E-state index >= 15 is 0 Å². The van der Waals surface area contributed by atoms with Gasteiger partial charge in [0, 0.05) is 44.4 Å². The van der Waals surface area contributed by atoms with Gasteiger partial charge in [0.2, 0.25) is 0 Å². The molecule has 0 amide bonds. The molecule has 0 atom stereocenters. The van der Waals surface area contributed by atoms with Crippen molar-refractivity contribution < 1.29 is 14.6 Å². The third-order valence-corrected chi connectivity index (χ3v) is 3.86. The molecule has 0 aliphatic carbocycles. The van der Waals surface area contributed by atoms with E-state index in [-0.39, 0.29) is 5.75 Å². The van der Waals surface area contributed by atoms with Crippen molar-refractivity contribution in [3.8, 4) is 17.2 Å². The summed E-state index contributed by atoms with van der Waals surface area (Å²) in [7, 11) is 0. The Morgan fingerprint density at radius 2 is 2.00 bits per heavy atom. The summed E-state index contributed by atoms with van der Waals surface area (Å²) in [6.07, 6.45) is 0. The van der Waals surface area contributed by atoms with Crippen LogP contribution in [0.5, 0.6) is 17.2 Å². The van der Waals surface area contributed by atoms with Crippen LogP contribution in [0.2, 0.25) is 5.02 Å². The van der Waals surface area contributed by atoms with E-state index in [2.05, 4.69) is 10.2 Å². The third kappa shape index (κ3) is 2.59. The number of phenolic OH excluding ortho intramolecular Hbond substituents is 1. The van der Waals surface area contributed by atoms with Crippen molar-refractivity contribution in [2.24, 2.45) is 0 Å². The molecule has 0 radical (unpaired) electrons. The van der Waals surface area contributed by atoms with Gasteiger partial charge in [0.25, 0.3) is 0 Å². The van der Waals surface area contributed by atoms with Gasteiger partial charge < -0.3 is 19.9 Å². The Morgan fingerprint density at radius 3 is 2.79 bits per heavy atom. The van der Waals surface area contributed by atoms with Crippen LogP contribution in [0.25, 0.3) is 0 Å². The predicted octanol–water partition coefficient (Wildman–Crippen LogP) is 1.22. The standard InChI is InChI=1S/C13H17ClN2O3/c14-12-9(8-16-3-1-15-2-4-16)13-11(7-10(12)17)18-5-6-19-13/h7,15,17H,1-6,8H2. The van der Waals surface area contributed by atoms with E-state index in [1.807, 2.05) is 0 Å². The Morgan fingerprint density at radius 1 is 1.26 bits per heavy atom. The lowest BCUT2D eigenvalue weighted by molar-refractivity contribution is 0.164. The molecule has 1 aromatic carbocycles. The lowest BCUT2D eigenvalue weighted by Crippen LogP contribution is -2.43. The molecule has 0 spiro atoms. The summed E-state index contributed by atoms with van der Waals surface area (Å²) < 4.78 is 11.2. The van der Waals surface area contributed by atoms with Crippen LogP contribution >= 0.6 is 11.6 Å². The van der Waals surface area contributed by atoms with Crippen molar-refractivity contribution in [2.45, 2.75) is 6.54 Å². The Bertz CT molecular complexity index is 475. The average molecular weight is 285 g/mol. The molecule has 1 aromatic rings. The van der Waals surface area contributed by atoms with Crippen molar-refractivity contribution >= 4 is 11.6 Å². The van der Waals surface area contributed by atoms with Gasteiger partial charge in [-0.05, 0) is 0 Å². The topological polar surface area (TPSA) is 54.0 Å². The zero-order valence-corrected chi connectivity index (χ0v) is 11.4. The van der Waals surface area contributed by atoms with Crippen molar-refractivity contribution in [3.63, 3.8) is 0 Å². The van der Waals surface area contributed by atoms with Gasteiger partial charge in [-0.15, -0.1) is 0 Å².